The number of methoxy groups -OCH3 is 2. The van der Waals surface area contributed by atoms with Crippen LogP contribution < -0.4 is 19.3 Å². The molecule has 0 unspecified atom stereocenters. The molecule has 116 valence electrons. The summed E-state index contributed by atoms with van der Waals surface area (Å²) in [6.07, 6.45) is 0. The minimum atomic E-state index is 0.333. The zero-order chi connectivity index (χ0) is 15.4. The van der Waals surface area contributed by atoms with Crippen LogP contribution in [0.3, 0.4) is 0 Å². The fourth-order valence-electron chi connectivity index (χ4n) is 2.58. The fraction of sp³-hybridized carbons (Fsp3) is 0.375. The molecule has 6 nitrogen and oxygen atoms in total. The summed E-state index contributed by atoms with van der Waals surface area (Å²) in [7, 11) is 3.16. The van der Waals surface area contributed by atoms with Crippen molar-refractivity contribution in [3.8, 4) is 11.9 Å². The highest BCUT2D eigenvalue weighted by Gasteiger charge is 2.19. The molecule has 0 bridgehead atoms. The average Bonchev–Trinajstić information content (AvgIpc) is 2.62. The van der Waals surface area contributed by atoms with Crippen molar-refractivity contribution < 1.29 is 9.47 Å². The summed E-state index contributed by atoms with van der Waals surface area (Å²) in [5.41, 5.74) is 1.26. The fourth-order valence-corrected chi connectivity index (χ4v) is 2.58. The Kier molecular flexibility index (Phi) is 4.27. The molecule has 0 spiro atoms. The van der Waals surface area contributed by atoms with Gasteiger partial charge in [0.25, 0.3) is 0 Å². The Balaban J connectivity index is 1.71. The highest BCUT2D eigenvalue weighted by atomic mass is 16.5. The lowest BCUT2D eigenvalue weighted by Crippen LogP contribution is -2.46. The second kappa shape index (κ2) is 6.51. The number of ether oxygens (including phenoxy) is 2. The molecule has 0 atom stereocenters. The highest BCUT2D eigenvalue weighted by Crippen LogP contribution is 2.23. The molecule has 6 heteroatoms. The van der Waals surface area contributed by atoms with E-state index in [1.54, 1.807) is 14.2 Å². The van der Waals surface area contributed by atoms with Crippen molar-refractivity contribution in [3.63, 3.8) is 0 Å². The Hall–Kier alpha value is -2.50. The topological polar surface area (TPSA) is 50.7 Å². The molecule has 2 aromatic rings. The summed E-state index contributed by atoms with van der Waals surface area (Å²) in [6.45, 7) is 3.72. The summed E-state index contributed by atoms with van der Waals surface area (Å²) in [4.78, 5) is 13.2. The van der Waals surface area contributed by atoms with Crippen LogP contribution in [-0.2, 0) is 0 Å². The maximum atomic E-state index is 5.21. The van der Waals surface area contributed by atoms with Gasteiger partial charge in [-0.3, -0.25) is 0 Å². The first-order valence-corrected chi connectivity index (χ1v) is 7.32. The molecule has 0 radical (unpaired) electrons. The zero-order valence-electron chi connectivity index (χ0n) is 12.9. The molecule has 1 aliphatic rings. The number of para-hydroxylation sites is 1. The van der Waals surface area contributed by atoms with Crippen LogP contribution in [0.4, 0.5) is 11.5 Å². The van der Waals surface area contributed by atoms with Gasteiger partial charge in [-0.05, 0) is 12.1 Å². The van der Waals surface area contributed by atoms with Crippen LogP contribution in [-0.4, -0.2) is 50.4 Å². The Morgan fingerprint density at radius 3 is 2.18 bits per heavy atom. The van der Waals surface area contributed by atoms with Crippen LogP contribution in [0.25, 0.3) is 0 Å². The van der Waals surface area contributed by atoms with Crippen LogP contribution in [0.2, 0.25) is 0 Å². The summed E-state index contributed by atoms with van der Waals surface area (Å²) in [5.74, 6) is 1.36. The smallest absolute Gasteiger partial charge is 0.321 e. The van der Waals surface area contributed by atoms with Crippen molar-refractivity contribution in [3.05, 3.63) is 36.4 Å². The highest BCUT2D eigenvalue weighted by molar-refractivity contribution is 5.50. The molecule has 0 amide bonds. The Bertz CT molecular complexity index is 591. The van der Waals surface area contributed by atoms with E-state index in [1.165, 1.54) is 5.69 Å². The summed E-state index contributed by atoms with van der Waals surface area (Å²) in [5, 5.41) is 0. The van der Waals surface area contributed by atoms with Gasteiger partial charge in [-0.15, -0.1) is 0 Å². The lowest BCUT2D eigenvalue weighted by atomic mass is 10.2. The Labute approximate surface area is 130 Å². The van der Waals surface area contributed by atoms with Crippen LogP contribution >= 0.6 is 0 Å². The van der Waals surface area contributed by atoms with E-state index in [2.05, 4.69) is 44.0 Å². The number of benzene rings is 1. The summed E-state index contributed by atoms with van der Waals surface area (Å²) < 4.78 is 10.3. The van der Waals surface area contributed by atoms with Crippen molar-refractivity contribution in [2.75, 3.05) is 50.2 Å². The van der Waals surface area contributed by atoms with E-state index in [4.69, 9.17) is 9.47 Å². The molecule has 3 rings (SSSR count). The van der Waals surface area contributed by atoms with Gasteiger partial charge in [0.05, 0.1) is 14.2 Å². The molecule has 1 aromatic carbocycles. The van der Waals surface area contributed by atoms with Gasteiger partial charge in [-0.25, -0.2) is 0 Å². The minimum Gasteiger partial charge on any atom is -0.481 e. The normalized spacial score (nSPS) is 14.8. The third-order valence-corrected chi connectivity index (χ3v) is 3.79. The minimum absolute atomic E-state index is 0.333. The second-order valence-corrected chi connectivity index (χ2v) is 5.06. The number of rotatable bonds is 4. The molecule has 1 aromatic heterocycles. The van der Waals surface area contributed by atoms with Crippen molar-refractivity contribution in [1.29, 1.82) is 0 Å². The van der Waals surface area contributed by atoms with E-state index in [-0.39, 0.29) is 0 Å². The maximum Gasteiger partial charge on any atom is 0.321 e. The number of nitrogens with zero attached hydrogens (tertiary/aromatic N) is 4. The van der Waals surface area contributed by atoms with Crippen molar-refractivity contribution >= 4 is 11.5 Å². The molecule has 22 heavy (non-hydrogen) atoms. The molecule has 0 aliphatic carbocycles. The van der Waals surface area contributed by atoms with Gasteiger partial charge in [0.2, 0.25) is 5.88 Å². The van der Waals surface area contributed by atoms with E-state index in [0.717, 1.165) is 32.0 Å². The first-order valence-electron chi connectivity index (χ1n) is 7.32. The van der Waals surface area contributed by atoms with Gasteiger partial charge in [0.15, 0.2) is 0 Å². The molecule has 0 N–H and O–H groups in total. The van der Waals surface area contributed by atoms with Crippen molar-refractivity contribution in [1.82, 2.24) is 9.97 Å². The van der Waals surface area contributed by atoms with Crippen LogP contribution in [0, 0.1) is 0 Å². The largest absolute Gasteiger partial charge is 0.481 e. The molecule has 2 heterocycles. The van der Waals surface area contributed by atoms with E-state index in [1.807, 2.05) is 12.1 Å². The Morgan fingerprint density at radius 2 is 1.55 bits per heavy atom. The quantitative estimate of drug-likeness (QED) is 0.858. The van der Waals surface area contributed by atoms with E-state index >= 15 is 0 Å². The molecular formula is C16H20N4O2. The second-order valence-electron chi connectivity index (χ2n) is 5.06. The number of hydrogen-bond donors (Lipinski definition) is 0. The zero-order valence-corrected chi connectivity index (χ0v) is 12.9. The summed E-state index contributed by atoms with van der Waals surface area (Å²) >= 11 is 0. The lowest BCUT2D eigenvalue weighted by Gasteiger charge is -2.36. The van der Waals surface area contributed by atoms with Gasteiger partial charge in [-0.1, -0.05) is 18.2 Å². The SMILES string of the molecule is COc1cc(N2CCN(c3ccccc3)CC2)nc(OC)n1. The van der Waals surface area contributed by atoms with Gasteiger partial charge in [-0.2, -0.15) is 9.97 Å². The lowest BCUT2D eigenvalue weighted by molar-refractivity contribution is 0.352. The third kappa shape index (κ3) is 3.05. The summed E-state index contributed by atoms with van der Waals surface area (Å²) in [6, 6.07) is 12.7. The van der Waals surface area contributed by atoms with Crippen molar-refractivity contribution in [2.24, 2.45) is 0 Å². The van der Waals surface area contributed by atoms with Crippen molar-refractivity contribution in [2.45, 2.75) is 0 Å². The number of anilines is 2. The monoisotopic (exact) mass is 300 g/mol. The predicted octanol–water partition coefficient (Wildman–Crippen LogP) is 1.82. The van der Waals surface area contributed by atoms with Gasteiger partial charge in [0.1, 0.15) is 5.82 Å². The molecule has 1 fully saturated rings. The number of piperazine rings is 1. The number of aromatic nitrogens is 2. The van der Waals surface area contributed by atoms with Gasteiger partial charge >= 0.3 is 6.01 Å². The van der Waals surface area contributed by atoms with Crippen LogP contribution in [0.5, 0.6) is 11.9 Å². The molecular weight excluding hydrogens is 280 g/mol. The molecule has 1 saturated heterocycles. The average molecular weight is 300 g/mol. The van der Waals surface area contributed by atoms with E-state index in [9.17, 15) is 0 Å². The van der Waals surface area contributed by atoms with E-state index in [0.29, 0.717) is 11.9 Å². The van der Waals surface area contributed by atoms with Gasteiger partial charge in [0, 0.05) is 37.9 Å². The first-order chi connectivity index (χ1) is 10.8. The molecule has 0 saturated carbocycles. The van der Waals surface area contributed by atoms with Gasteiger partial charge < -0.3 is 19.3 Å². The predicted molar refractivity (Wildman–Crippen MR) is 86.0 cm³/mol. The van der Waals surface area contributed by atoms with E-state index < -0.39 is 0 Å². The maximum absolute atomic E-state index is 5.21. The number of hydrogen-bond acceptors (Lipinski definition) is 6. The third-order valence-electron chi connectivity index (χ3n) is 3.79. The van der Waals surface area contributed by atoms with Crippen LogP contribution in [0.15, 0.2) is 36.4 Å². The Morgan fingerprint density at radius 1 is 0.864 bits per heavy atom. The van der Waals surface area contributed by atoms with Crippen LogP contribution in [0.1, 0.15) is 0 Å². The standard InChI is InChI=1S/C16H20N4O2/c1-21-15-12-14(17-16(18-15)22-2)20-10-8-19(9-11-20)13-6-4-3-5-7-13/h3-7,12H,8-11H2,1-2H3. The first kappa shape index (κ1) is 14.4. The molecule has 1 aliphatic heterocycles.